The maximum atomic E-state index is 14.3. The number of aromatic nitrogens is 5. The Morgan fingerprint density at radius 1 is 1.30 bits per heavy atom. The van der Waals surface area contributed by atoms with E-state index >= 15 is 0 Å². The van der Waals surface area contributed by atoms with Crippen LogP contribution in [0.15, 0.2) is 36.9 Å². The summed E-state index contributed by atoms with van der Waals surface area (Å²) < 4.78 is 15.7. The van der Waals surface area contributed by atoms with Gasteiger partial charge in [-0.1, -0.05) is 11.6 Å². The number of carbonyl (C=O) groups is 1. The summed E-state index contributed by atoms with van der Waals surface area (Å²) in [4.78, 5) is 24.8. The SMILES string of the molecule is CC(NC(=O)Nc1cc(C(C)(C)C#N)c(Cl)cc1F)c1ncnn1-c1ncccn1. The fourth-order valence-corrected chi connectivity index (χ4v) is 3.09. The van der Waals surface area contributed by atoms with Gasteiger partial charge in [0.25, 0.3) is 5.95 Å². The second-order valence-electron chi connectivity index (χ2n) is 6.95. The molecule has 0 radical (unpaired) electrons. The van der Waals surface area contributed by atoms with Crippen molar-refractivity contribution in [3.05, 3.63) is 59.1 Å². The van der Waals surface area contributed by atoms with Crippen LogP contribution in [-0.4, -0.2) is 30.8 Å². The number of nitrogens with one attached hydrogen (secondary N) is 2. The van der Waals surface area contributed by atoms with Gasteiger partial charge in [0, 0.05) is 17.4 Å². The number of hydrogen-bond donors (Lipinski definition) is 2. The van der Waals surface area contributed by atoms with Crippen LogP contribution in [-0.2, 0) is 5.41 Å². The van der Waals surface area contributed by atoms with Crippen molar-refractivity contribution in [3.63, 3.8) is 0 Å². The highest BCUT2D eigenvalue weighted by molar-refractivity contribution is 6.31. The molecule has 9 nitrogen and oxygen atoms in total. The van der Waals surface area contributed by atoms with Crippen molar-refractivity contribution in [2.45, 2.75) is 32.2 Å². The predicted molar refractivity (Wildman–Crippen MR) is 108 cm³/mol. The van der Waals surface area contributed by atoms with Gasteiger partial charge in [-0.05, 0) is 44.5 Å². The van der Waals surface area contributed by atoms with Crippen LogP contribution in [0.2, 0.25) is 5.02 Å². The molecule has 0 aliphatic heterocycles. The van der Waals surface area contributed by atoms with Crippen LogP contribution < -0.4 is 10.6 Å². The van der Waals surface area contributed by atoms with Gasteiger partial charge in [0.15, 0.2) is 5.82 Å². The standard InChI is InChI=1S/C19H18ClFN8O/c1-11(16-25-10-26-29(16)17-23-5-4-6-24-17)27-18(30)28-15-7-12(19(2,3)9-22)13(20)8-14(15)21/h4-8,10-11H,1-3H3,(H2,27,28,30). The molecule has 2 amide bonds. The van der Waals surface area contributed by atoms with Crippen molar-refractivity contribution in [2.75, 3.05) is 5.32 Å². The van der Waals surface area contributed by atoms with Crippen molar-refractivity contribution in [1.82, 2.24) is 30.0 Å². The minimum Gasteiger partial charge on any atom is -0.328 e. The van der Waals surface area contributed by atoms with Crippen LogP contribution in [0.1, 0.15) is 38.2 Å². The van der Waals surface area contributed by atoms with E-state index in [0.29, 0.717) is 17.3 Å². The number of carbonyl (C=O) groups excluding carboxylic acids is 1. The quantitative estimate of drug-likeness (QED) is 0.641. The summed E-state index contributed by atoms with van der Waals surface area (Å²) in [6.07, 6.45) is 4.43. The highest BCUT2D eigenvalue weighted by atomic mass is 35.5. The lowest BCUT2D eigenvalue weighted by Gasteiger charge is -2.20. The summed E-state index contributed by atoms with van der Waals surface area (Å²) in [7, 11) is 0. The van der Waals surface area contributed by atoms with Gasteiger partial charge in [0.2, 0.25) is 0 Å². The number of amides is 2. The third-order valence-corrected chi connectivity index (χ3v) is 4.62. The third-order valence-electron chi connectivity index (χ3n) is 4.31. The molecule has 2 heterocycles. The first-order valence-corrected chi connectivity index (χ1v) is 9.26. The van der Waals surface area contributed by atoms with E-state index in [-0.39, 0.29) is 10.7 Å². The minimum atomic E-state index is -0.961. The van der Waals surface area contributed by atoms with E-state index in [0.717, 1.165) is 6.07 Å². The fraction of sp³-hybridized carbons (Fsp3) is 0.263. The number of benzene rings is 1. The Hall–Kier alpha value is -3.58. The Morgan fingerprint density at radius 2 is 2.00 bits per heavy atom. The average molecular weight is 429 g/mol. The van der Waals surface area contributed by atoms with Gasteiger partial charge in [0.05, 0.1) is 23.2 Å². The molecule has 30 heavy (non-hydrogen) atoms. The zero-order chi connectivity index (χ0) is 21.9. The number of halogens is 2. The summed E-state index contributed by atoms with van der Waals surface area (Å²) in [6.45, 7) is 4.98. The summed E-state index contributed by atoms with van der Waals surface area (Å²) >= 11 is 6.08. The van der Waals surface area contributed by atoms with Crippen LogP contribution in [0.5, 0.6) is 0 Å². The van der Waals surface area contributed by atoms with E-state index < -0.39 is 23.3 Å². The van der Waals surface area contributed by atoms with Gasteiger partial charge >= 0.3 is 6.03 Å². The molecule has 0 fully saturated rings. The van der Waals surface area contributed by atoms with Crippen molar-refractivity contribution in [2.24, 2.45) is 0 Å². The smallest absolute Gasteiger partial charge is 0.319 e. The Bertz CT molecular complexity index is 1110. The molecule has 0 bridgehead atoms. The van der Waals surface area contributed by atoms with Gasteiger partial charge in [-0.3, -0.25) is 0 Å². The van der Waals surface area contributed by atoms with Gasteiger partial charge in [-0.25, -0.2) is 24.1 Å². The van der Waals surface area contributed by atoms with E-state index in [9.17, 15) is 14.4 Å². The monoisotopic (exact) mass is 428 g/mol. The van der Waals surface area contributed by atoms with Crippen molar-refractivity contribution in [1.29, 1.82) is 5.26 Å². The molecule has 154 valence electrons. The van der Waals surface area contributed by atoms with Crippen LogP contribution in [0, 0.1) is 17.1 Å². The molecule has 0 spiro atoms. The molecule has 0 saturated carbocycles. The summed E-state index contributed by atoms with van der Waals surface area (Å²) in [5.41, 5.74) is -0.662. The highest BCUT2D eigenvalue weighted by Gasteiger charge is 2.25. The van der Waals surface area contributed by atoms with Crippen molar-refractivity contribution >= 4 is 23.3 Å². The zero-order valence-electron chi connectivity index (χ0n) is 16.4. The molecule has 1 aromatic carbocycles. The largest absolute Gasteiger partial charge is 0.328 e. The molecule has 2 aromatic heterocycles. The van der Waals surface area contributed by atoms with Crippen molar-refractivity contribution < 1.29 is 9.18 Å². The number of nitrogens with zero attached hydrogens (tertiary/aromatic N) is 6. The maximum Gasteiger partial charge on any atom is 0.319 e. The molecular formula is C19H18ClFN8O. The third kappa shape index (κ3) is 4.36. The number of rotatable bonds is 5. The van der Waals surface area contributed by atoms with Gasteiger partial charge in [-0.2, -0.15) is 15.0 Å². The van der Waals surface area contributed by atoms with Crippen LogP contribution in [0.4, 0.5) is 14.9 Å². The first-order chi connectivity index (χ1) is 14.2. The van der Waals surface area contributed by atoms with Gasteiger partial charge in [0.1, 0.15) is 12.1 Å². The lowest BCUT2D eigenvalue weighted by Crippen LogP contribution is -2.33. The van der Waals surface area contributed by atoms with E-state index in [4.69, 9.17) is 11.6 Å². The second-order valence-corrected chi connectivity index (χ2v) is 7.35. The molecule has 11 heteroatoms. The summed E-state index contributed by atoms with van der Waals surface area (Å²) in [5, 5.41) is 18.6. The molecule has 2 N–H and O–H groups in total. The lowest BCUT2D eigenvalue weighted by atomic mass is 9.86. The normalized spacial score (nSPS) is 12.1. The Morgan fingerprint density at radius 3 is 2.67 bits per heavy atom. The fourth-order valence-electron chi connectivity index (χ4n) is 2.70. The van der Waals surface area contributed by atoms with Crippen LogP contribution in [0.3, 0.4) is 0 Å². The summed E-state index contributed by atoms with van der Waals surface area (Å²) in [6, 6.07) is 4.92. The molecule has 0 aliphatic rings. The molecular weight excluding hydrogens is 411 g/mol. The maximum absolute atomic E-state index is 14.3. The van der Waals surface area contributed by atoms with E-state index in [1.54, 1.807) is 39.2 Å². The topological polar surface area (TPSA) is 121 Å². The van der Waals surface area contributed by atoms with E-state index in [1.807, 2.05) is 0 Å². The minimum absolute atomic E-state index is 0.102. The predicted octanol–water partition coefficient (Wildman–Crippen LogP) is 3.53. The summed E-state index contributed by atoms with van der Waals surface area (Å²) in [5.74, 6) is -0.0356. The molecule has 3 rings (SSSR count). The van der Waals surface area contributed by atoms with Gasteiger partial charge in [-0.15, -0.1) is 0 Å². The Balaban J connectivity index is 1.78. The zero-order valence-corrected chi connectivity index (χ0v) is 17.1. The first-order valence-electron chi connectivity index (χ1n) is 8.88. The lowest BCUT2D eigenvalue weighted by molar-refractivity contribution is 0.248. The van der Waals surface area contributed by atoms with Crippen LogP contribution >= 0.6 is 11.6 Å². The molecule has 0 saturated heterocycles. The van der Waals surface area contributed by atoms with E-state index in [2.05, 4.69) is 36.8 Å². The number of hydrogen-bond acceptors (Lipinski definition) is 6. The van der Waals surface area contributed by atoms with Crippen molar-refractivity contribution in [3.8, 4) is 12.0 Å². The van der Waals surface area contributed by atoms with E-state index in [1.165, 1.54) is 17.1 Å². The Kier molecular flexibility index (Phi) is 5.94. The second kappa shape index (κ2) is 8.42. The molecule has 0 aliphatic carbocycles. The Labute approximate surface area is 176 Å². The molecule has 1 unspecified atom stereocenters. The first kappa shape index (κ1) is 21.1. The van der Waals surface area contributed by atoms with Crippen LogP contribution in [0.25, 0.3) is 5.95 Å². The highest BCUT2D eigenvalue weighted by Crippen LogP contribution is 2.33. The molecule has 3 aromatic rings. The number of nitriles is 1. The number of anilines is 1. The molecule has 1 atom stereocenters. The average Bonchev–Trinajstić information content (AvgIpc) is 3.20. The number of urea groups is 1. The van der Waals surface area contributed by atoms with Gasteiger partial charge < -0.3 is 10.6 Å².